The van der Waals surface area contributed by atoms with Crippen LogP contribution in [0.15, 0.2) is 0 Å². The van der Waals surface area contributed by atoms with E-state index < -0.39 is 37.4 Å². The van der Waals surface area contributed by atoms with E-state index in [0.29, 0.717) is 0 Å². The van der Waals surface area contributed by atoms with Gasteiger partial charge >= 0.3 is 0 Å². The van der Waals surface area contributed by atoms with Gasteiger partial charge in [0.1, 0.15) is 18.3 Å². The van der Waals surface area contributed by atoms with Crippen LogP contribution in [0.5, 0.6) is 0 Å². The molecule has 1 fully saturated rings. The molecule has 6 heteroatoms. The van der Waals surface area contributed by atoms with E-state index in [9.17, 15) is 14.6 Å². The van der Waals surface area contributed by atoms with Crippen LogP contribution in [0.1, 0.15) is 6.92 Å². The van der Waals surface area contributed by atoms with Gasteiger partial charge in [-0.1, -0.05) is 0 Å². The molecule has 14 heavy (non-hydrogen) atoms. The number of hydrogen-bond donors (Lipinski definition) is 3. The van der Waals surface area contributed by atoms with E-state index in [4.69, 9.17) is 14.6 Å². The first-order valence-electron chi connectivity index (χ1n) is 4.50. The maximum Gasteiger partial charge on any atom is 0.191 e. The third-order valence-corrected chi connectivity index (χ3v) is 2.14. The Hall–Kier alpha value is -0.270. The molecule has 0 aliphatic carbocycles. The highest BCUT2D eigenvalue weighted by Crippen LogP contribution is 2.23. The summed E-state index contributed by atoms with van der Waals surface area (Å²) in [6.07, 6.45) is -7.04. The molecule has 0 saturated carbocycles. The summed E-state index contributed by atoms with van der Waals surface area (Å²) in [5.74, 6) is 0. The standard InChI is InChI=1S/C8H15FO5/c1-2-13-8-5(9)7(12)6(11)4(3-10)14-8/h4-8,10-12H,2-3H2,1H3. The number of aliphatic hydroxyl groups is 3. The van der Waals surface area contributed by atoms with Crippen LogP contribution in [0.25, 0.3) is 0 Å². The normalized spacial score (nSPS) is 43.9. The van der Waals surface area contributed by atoms with E-state index in [0.717, 1.165) is 0 Å². The molecule has 0 spiro atoms. The molecular formula is C8H15FO5. The topological polar surface area (TPSA) is 79.2 Å². The number of hydrogen-bond acceptors (Lipinski definition) is 5. The van der Waals surface area contributed by atoms with Gasteiger partial charge in [-0.3, -0.25) is 0 Å². The van der Waals surface area contributed by atoms with Crippen molar-refractivity contribution in [3.05, 3.63) is 0 Å². The van der Waals surface area contributed by atoms with Gasteiger partial charge in [0.15, 0.2) is 12.5 Å². The molecule has 5 nitrogen and oxygen atoms in total. The molecule has 1 rings (SSSR count). The fraction of sp³-hybridized carbons (Fsp3) is 1.00. The summed E-state index contributed by atoms with van der Waals surface area (Å²) in [5, 5.41) is 27.3. The van der Waals surface area contributed by atoms with Crippen molar-refractivity contribution in [3.8, 4) is 0 Å². The molecule has 0 bridgehead atoms. The SMILES string of the molecule is CCOC1OC(CO)C(O)C(O)C1F. The maximum absolute atomic E-state index is 13.2. The zero-order valence-electron chi connectivity index (χ0n) is 7.84. The molecule has 0 radical (unpaired) electrons. The Bertz CT molecular complexity index is 175. The van der Waals surface area contributed by atoms with Crippen molar-refractivity contribution in [2.75, 3.05) is 13.2 Å². The molecule has 0 amide bonds. The van der Waals surface area contributed by atoms with Crippen molar-refractivity contribution >= 4 is 0 Å². The Morgan fingerprint density at radius 3 is 2.50 bits per heavy atom. The van der Waals surface area contributed by atoms with E-state index in [-0.39, 0.29) is 6.61 Å². The van der Waals surface area contributed by atoms with Gasteiger partial charge in [0.25, 0.3) is 0 Å². The van der Waals surface area contributed by atoms with Gasteiger partial charge in [-0.15, -0.1) is 0 Å². The Balaban J connectivity index is 2.63. The van der Waals surface area contributed by atoms with Crippen LogP contribution < -0.4 is 0 Å². The van der Waals surface area contributed by atoms with Gasteiger partial charge in [0, 0.05) is 6.61 Å². The Kier molecular flexibility index (Phi) is 4.21. The number of ether oxygens (including phenoxy) is 2. The smallest absolute Gasteiger partial charge is 0.191 e. The minimum absolute atomic E-state index is 0.228. The van der Waals surface area contributed by atoms with Crippen molar-refractivity contribution in [3.63, 3.8) is 0 Å². The molecule has 1 aliphatic heterocycles. The second kappa shape index (κ2) is 4.99. The largest absolute Gasteiger partial charge is 0.394 e. The predicted molar refractivity (Wildman–Crippen MR) is 44.3 cm³/mol. The zero-order valence-corrected chi connectivity index (χ0v) is 7.84. The van der Waals surface area contributed by atoms with Gasteiger partial charge in [-0.2, -0.15) is 0 Å². The highest BCUT2D eigenvalue weighted by atomic mass is 19.1. The van der Waals surface area contributed by atoms with Gasteiger partial charge in [0.05, 0.1) is 6.61 Å². The lowest BCUT2D eigenvalue weighted by Gasteiger charge is -2.38. The molecule has 0 aromatic heterocycles. The van der Waals surface area contributed by atoms with Crippen molar-refractivity contribution in [1.29, 1.82) is 0 Å². The quantitative estimate of drug-likeness (QED) is 0.545. The fourth-order valence-electron chi connectivity index (χ4n) is 1.34. The highest BCUT2D eigenvalue weighted by Gasteiger charge is 2.45. The summed E-state index contributed by atoms with van der Waals surface area (Å²) in [4.78, 5) is 0. The van der Waals surface area contributed by atoms with Crippen LogP contribution in [-0.4, -0.2) is 59.3 Å². The molecule has 5 atom stereocenters. The van der Waals surface area contributed by atoms with E-state index in [1.165, 1.54) is 0 Å². The van der Waals surface area contributed by atoms with E-state index >= 15 is 0 Å². The summed E-state index contributed by atoms with van der Waals surface area (Å²) in [7, 11) is 0. The van der Waals surface area contributed by atoms with Crippen molar-refractivity contribution < 1.29 is 29.2 Å². The lowest BCUT2D eigenvalue weighted by atomic mass is 10.0. The van der Waals surface area contributed by atoms with Crippen LogP contribution >= 0.6 is 0 Å². The zero-order chi connectivity index (χ0) is 10.7. The molecule has 0 aromatic carbocycles. The third kappa shape index (κ3) is 2.21. The van der Waals surface area contributed by atoms with Crippen LogP contribution in [0, 0.1) is 0 Å². The molecule has 0 aromatic rings. The van der Waals surface area contributed by atoms with Crippen LogP contribution in [-0.2, 0) is 9.47 Å². The summed E-state index contributed by atoms with van der Waals surface area (Å²) < 4.78 is 23.0. The summed E-state index contributed by atoms with van der Waals surface area (Å²) in [5.41, 5.74) is 0. The molecule has 3 N–H and O–H groups in total. The second-order valence-corrected chi connectivity index (χ2v) is 3.11. The number of aliphatic hydroxyl groups excluding tert-OH is 3. The van der Waals surface area contributed by atoms with Crippen LogP contribution in [0.4, 0.5) is 4.39 Å². The minimum Gasteiger partial charge on any atom is -0.394 e. The number of halogens is 1. The summed E-state index contributed by atoms with van der Waals surface area (Å²) >= 11 is 0. The first-order chi connectivity index (χ1) is 6.61. The molecule has 1 saturated heterocycles. The number of alkyl halides is 1. The first kappa shape index (κ1) is 11.8. The average molecular weight is 210 g/mol. The second-order valence-electron chi connectivity index (χ2n) is 3.11. The van der Waals surface area contributed by atoms with Crippen LogP contribution in [0.2, 0.25) is 0 Å². The molecule has 1 heterocycles. The van der Waals surface area contributed by atoms with Crippen molar-refractivity contribution in [2.24, 2.45) is 0 Å². The maximum atomic E-state index is 13.2. The van der Waals surface area contributed by atoms with E-state index in [1.807, 2.05) is 0 Å². The van der Waals surface area contributed by atoms with Gasteiger partial charge < -0.3 is 24.8 Å². The van der Waals surface area contributed by atoms with Crippen molar-refractivity contribution in [2.45, 2.75) is 37.7 Å². The van der Waals surface area contributed by atoms with E-state index in [2.05, 4.69) is 0 Å². The first-order valence-corrected chi connectivity index (χ1v) is 4.50. The predicted octanol–water partition coefficient (Wildman–Crippen LogP) is -1.20. The molecular weight excluding hydrogens is 195 g/mol. The summed E-state index contributed by atoms with van der Waals surface area (Å²) in [6, 6.07) is 0. The average Bonchev–Trinajstić information content (AvgIpc) is 2.19. The Morgan fingerprint density at radius 2 is 2.00 bits per heavy atom. The number of rotatable bonds is 3. The van der Waals surface area contributed by atoms with Gasteiger partial charge in [-0.05, 0) is 6.92 Å². The lowest BCUT2D eigenvalue weighted by Crippen LogP contribution is -2.57. The van der Waals surface area contributed by atoms with Crippen LogP contribution in [0.3, 0.4) is 0 Å². The molecule has 5 unspecified atom stereocenters. The monoisotopic (exact) mass is 210 g/mol. The van der Waals surface area contributed by atoms with Gasteiger partial charge in [-0.25, -0.2) is 4.39 Å². The third-order valence-electron chi connectivity index (χ3n) is 2.14. The van der Waals surface area contributed by atoms with Crippen molar-refractivity contribution in [1.82, 2.24) is 0 Å². The lowest BCUT2D eigenvalue weighted by molar-refractivity contribution is -0.285. The molecule has 84 valence electrons. The Labute approximate surface area is 81.1 Å². The molecule has 1 aliphatic rings. The minimum atomic E-state index is -1.80. The van der Waals surface area contributed by atoms with Gasteiger partial charge in [0.2, 0.25) is 0 Å². The van der Waals surface area contributed by atoms with E-state index in [1.54, 1.807) is 6.92 Å². The fourth-order valence-corrected chi connectivity index (χ4v) is 1.34. The summed E-state index contributed by atoms with van der Waals surface area (Å²) in [6.45, 7) is 1.39. The Morgan fingerprint density at radius 1 is 1.36 bits per heavy atom. The highest BCUT2D eigenvalue weighted by molar-refractivity contribution is 4.89.